The summed E-state index contributed by atoms with van der Waals surface area (Å²) in [5, 5.41) is 0.643. The van der Waals surface area contributed by atoms with Gasteiger partial charge >= 0.3 is 12.3 Å². The van der Waals surface area contributed by atoms with Crippen LogP contribution in [0.5, 0.6) is 0 Å². The number of rotatable bonds is 2. The van der Waals surface area contributed by atoms with Crippen LogP contribution in [-0.4, -0.2) is 58.4 Å². The molecule has 0 aromatic carbocycles. The van der Waals surface area contributed by atoms with Gasteiger partial charge < -0.3 is 14.5 Å². The lowest BCUT2D eigenvalue weighted by atomic mass is 9.82. The van der Waals surface area contributed by atoms with Crippen LogP contribution in [-0.2, 0) is 11.2 Å². The first-order chi connectivity index (χ1) is 13.5. The minimum absolute atomic E-state index is 0.0836. The fourth-order valence-corrected chi connectivity index (χ4v) is 4.96. The van der Waals surface area contributed by atoms with Crippen molar-refractivity contribution in [2.45, 2.75) is 51.4 Å². The van der Waals surface area contributed by atoms with Crippen LogP contribution in [0.1, 0.15) is 32.1 Å². The van der Waals surface area contributed by atoms with Crippen LogP contribution in [0.25, 0.3) is 10.2 Å². The van der Waals surface area contributed by atoms with E-state index in [4.69, 9.17) is 4.74 Å². The number of thiophene rings is 1. The molecule has 2 fully saturated rings. The van der Waals surface area contributed by atoms with Gasteiger partial charge in [-0.2, -0.15) is 13.2 Å². The number of hydrogen-bond acceptors (Lipinski definition) is 6. The molecule has 4 heterocycles. The standard InChI is InChI=1S/C19H23F3N4O2S/c1-18(2,3)28-17(27)25-5-4-11-8-26(14(11)9-25)15-13-6-12(7-19(20,21)22)29-16(13)24-10-23-15/h6,10-11,14H,4-5,7-9H2,1-3H3/t11-,14-/m1/s1. The average Bonchev–Trinajstić information content (AvgIpc) is 2.95. The van der Waals surface area contributed by atoms with Gasteiger partial charge in [0.2, 0.25) is 0 Å². The minimum atomic E-state index is -4.26. The van der Waals surface area contributed by atoms with Gasteiger partial charge in [-0.1, -0.05) is 0 Å². The summed E-state index contributed by atoms with van der Waals surface area (Å²) in [6.07, 6.45) is -3.29. The van der Waals surface area contributed by atoms with Crippen molar-refractivity contribution in [2.24, 2.45) is 5.92 Å². The van der Waals surface area contributed by atoms with Crippen molar-refractivity contribution in [2.75, 3.05) is 24.5 Å². The van der Waals surface area contributed by atoms with Gasteiger partial charge in [0.05, 0.1) is 17.8 Å². The highest BCUT2D eigenvalue weighted by molar-refractivity contribution is 7.18. The van der Waals surface area contributed by atoms with E-state index >= 15 is 0 Å². The molecular formula is C19H23F3N4O2S. The summed E-state index contributed by atoms with van der Waals surface area (Å²) in [6.45, 7) is 7.45. The summed E-state index contributed by atoms with van der Waals surface area (Å²) < 4.78 is 43.8. The second-order valence-electron chi connectivity index (χ2n) is 8.62. The zero-order chi connectivity index (χ0) is 21.0. The number of nitrogens with zero attached hydrogens (tertiary/aromatic N) is 4. The van der Waals surface area contributed by atoms with Gasteiger partial charge in [0, 0.05) is 30.4 Å². The van der Waals surface area contributed by atoms with Gasteiger partial charge in [0.15, 0.2) is 0 Å². The zero-order valence-electron chi connectivity index (χ0n) is 16.5. The number of fused-ring (bicyclic) bond motifs is 2. The number of likely N-dealkylation sites (tertiary alicyclic amines) is 1. The number of hydrogen-bond donors (Lipinski definition) is 0. The molecule has 0 aliphatic carbocycles. The molecule has 10 heteroatoms. The van der Waals surface area contributed by atoms with Crippen LogP contribution in [0.15, 0.2) is 12.4 Å². The normalized spacial score (nSPS) is 22.4. The summed E-state index contributed by atoms with van der Waals surface area (Å²) in [5.74, 6) is 1.08. The van der Waals surface area contributed by atoms with Crippen LogP contribution in [0, 0.1) is 5.92 Å². The maximum absolute atomic E-state index is 12.8. The number of ether oxygens (including phenoxy) is 1. The average molecular weight is 428 g/mol. The summed E-state index contributed by atoms with van der Waals surface area (Å²) in [4.78, 5) is 25.5. The molecule has 158 valence electrons. The van der Waals surface area contributed by atoms with Gasteiger partial charge in [-0.25, -0.2) is 14.8 Å². The minimum Gasteiger partial charge on any atom is -0.444 e. The van der Waals surface area contributed by atoms with Crippen molar-refractivity contribution in [1.29, 1.82) is 0 Å². The van der Waals surface area contributed by atoms with Gasteiger partial charge in [-0.05, 0) is 33.3 Å². The number of carbonyl (C=O) groups is 1. The van der Waals surface area contributed by atoms with Crippen LogP contribution in [0.4, 0.5) is 23.8 Å². The van der Waals surface area contributed by atoms with Crippen molar-refractivity contribution in [1.82, 2.24) is 14.9 Å². The van der Waals surface area contributed by atoms with E-state index < -0.39 is 18.2 Å². The van der Waals surface area contributed by atoms with E-state index in [1.165, 1.54) is 6.33 Å². The Labute approximate surface area is 170 Å². The molecule has 6 nitrogen and oxygen atoms in total. The number of aromatic nitrogens is 2. The fourth-order valence-electron chi connectivity index (χ4n) is 3.94. The summed E-state index contributed by atoms with van der Waals surface area (Å²) >= 11 is 1.05. The first-order valence-corrected chi connectivity index (χ1v) is 10.4. The third kappa shape index (κ3) is 4.26. The van der Waals surface area contributed by atoms with Crippen molar-refractivity contribution < 1.29 is 22.7 Å². The predicted molar refractivity (Wildman–Crippen MR) is 104 cm³/mol. The number of carbonyl (C=O) groups excluding carboxylic acids is 1. The second-order valence-corrected chi connectivity index (χ2v) is 9.73. The Morgan fingerprint density at radius 1 is 1.28 bits per heavy atom. The van der Waals surface area contributed by atoms with E-state index in [2.05, 4.69) is 14.9 Å². The van der Waals surface area contributed by atoms with Crippen molar-refractivity contribution in [3.63, 3.8) is 0 Å². The highest BCUT2D eigenvalue weighted by Gasteiger charge is 2.45. The van der Waals surface area contributed by atoms with E-state index in [0.29, 0.717) is 35.0 Å². The molecule has 0 bridgehead atoms. The van der Waals surface area contributed by atoms with Crippen LogP contribution in [0.2, 0.25) is 0 Å². The molecule has 2 aromatic rings. The highest BCUT2D eigenvalue weighted by atomic mass is 32.1. The highest BCUT2D eigenvalue weighted by Crippen LogP contribution is 2.40. The Kier molecular flexibility index (Phi) is 4.87. The first-order valence-electron chi connectivity index (χ1n) is 9.55. The number of alkyl halides is 3. The van der Waals surface area contributed by atoms with E-state index in [1.54, 1.807) is 11.0 Å². The maximum Gasteiger partial charge on any atom is 0.410 e. The molecule has 0 N–H and O–H groups in total. The van der Waals surface area contributed by atoms with E-state index in [-0.39, 0.29) is 17.0 Å². The molecular weight excluding hydrogens is 405 g/mol. The SMILES string of the molecule is CC(C)(C)OC(=O)N1CC[C@@H]2CN(c3ncnc4sc(CC(F)(F)F)cc34)[C@@H]2C1. The quantitative estimate of drug-likeness (QED) is 0.716. The molecule has 29 heavy (non-hydrogen) atoms. The predicted octanol–water partition coefficient (Wildman–Crippen LogP) is 4.24. The largest absolute Gasteiger partial charge is 0.444 e. The molecule has 2 aromatic heterocycles. The van der Waals surface area contributed by atoms with Crippen LogP contribution in [0.3, 0.4) is 0 Å². The number of anilines is 1. The van der Waals surface area contributed by atoms with Gasteiger partial charge in [-0.3, -0.25) is 0 Å². The van der Waals surface area contributed by atoms with Crippen LogP contribution < -0.4 is 4.90 Å². The summed E-state index contributed by atoms with van der Waals surface area (Å²) in [6, 6.07) is 1.63. The number of piperidine rings is 1. The Balaban J connectivity index is 1.54. The third-order valence-corrected chi connectivity index (χ3v) is 6.25. The molecule has 1 amide bonds. The topological polar surface area (TPSA) is 58.6 Å². The zero-order valence-corrected chi connectivity index (χ0v) is 17.3. The molecule has 2 aliphatic heterocycles. The lowest BCUT2D eigenvalue weighted by molar-refractivity contribution is -0.126. The Morgan fingerprint density at radius 2 is 2.03 bits per heavy atom. The van der Waals surface area contributed by atoms with Gasteiger partial charge in [-0.15, -0.1) is 11.3 Å². The molecule has 0 unspecified atom stereocenters. The Bertz CT molecular complexity index is 924. The lowest BCUT2D eigenvalue weighted by Crippen LogP contribution is -2.65. The summed E-state index contributed by atoms with van der Waals surface area (Å²) in [5.41, 5.74) is -0.558. The fraction of sp³-hybridized carbons (Fsp3) is 0.632. The van der Waals surface area contributed by atoms with Crippen molar-refractivity contribution >= 4 is 33.5 Å². The van der Waals surface area contributed by atoms with Crippen LogP contribution >= 0.6 is 11.3 Å². The molecule has 0 radical (unpaired) electrons. The Morgan fingerprint density at radius 3 is 2.72 bits per heavy atom. The summed E-state index contributed by atoms with van der Waals surface area (Å²) in [7, 11) is 0. The van der Waals surface area contributed by atoms with Gasteiger partial charge in [0.25, 0.3) is 0 Å². The molecule has 0 saturated carbocycles. The van der Waals surface area contributed by atoms with E-state index in [1.807, 2.05) is 20.8 Å². The van der Waals surface area contributed by atoms with E-state index in [9.17, 15) is 18.0 Å². The monoisotopic (exact) mass is 428 g/mol. The molecule has 2 aliphatic rings. The molecule has 0 spiro atoms. The number of halogens is 3. The first kappa shape index (κ1) is 20.2. The smallest absolute Gasteiger partial charge is 0.410 e. The number of amides is 1. The Hall–Kier alpha value is -2.10. The van der Waals surface area contributed by atoms with E-state index in [0.717, 1.165) is 24.3 Å². The molecule has 2 atom stereocenters. The van der Waals surface area contributed by atoms with Crippen molar-refractivity contribution in [3.8, 4) is 0 Å². The lowest BCUT2D eigenvalue weighted by Gasteiger charge is -2.53. The second kappa shape index (κ2) is 7.00. The van der Waals surface area contributed by atoms with Crippen molar-refractivity contribution in [3.05, 3.63) is 17.3 Å². The van der Waals surface area contributed by atoms with Gasteiger partial charge in [0.1, 0.15) is 22.6 Å². The maximum atomic E-state index is 12.8. The third-order valence-electron chi connectivity index (χ3n) is 5.21. The molecule has 4 rings (SSSR count). The molecule has 2 saturated heterocycles.